The molecule has 1 N–H and O–H groups in total. The third-order valence-corrected chi connectivity index (χ3v) is 3.95. The van der Waals surface area contributed by atoms with Gasteiger partial charge in [-0.15, -0.1) is 11.8 Å². The lowest BCUT2D eigenvalue weighted by Crippen LogP contribution is -2.44. The highest BCUT2D eigenvalue weighted by Gasteiger charge is 2.21. The Bertz CT molecular complexity index is 912. The summed E-state index contributed by atoms with van der Waals surface area (Å²) in [7, 11) is 0. The first kappa shape index (κ1) is 16.1. The molecule has 0 bridgehead atoms. The van der Waals surface area contributed by atoms with Crippen LogP contribution in [-0.4, -0.2) is 45.3 Å². The van der Waals surface area contributed by atoms with Gasteiger partial charge in [0.2, 0.25) is 5.95 Å². The largest absolute Gasteiger partial charge is 0.340 e. The first-order valence-corrected chi connectivity index (χ1v) is 7.96. The third-order valence-electron chi connectivity index (χ3n) is 3.95. The maximum atomic E-state index is 12.8. The summed E-state index contributed by atoms with van der Waals surface area (Å²) in [5, 5.41) is 3.32. The van der Waals surface area contributed by atoms with Gasteiger partial charge < -0.3 is 10.2 Å². The van der Waals surface area contributed by atoms with E-state index >= 15 is 0 Å². The van der Waals surface area contributed by atoms with Crippen molar-refractivity contribution in [2.45, 2.75) is 26.9 Å². The quantitative estimate of drug-likeness (QED) is 0.808. The second-order valence-electron chi connectivity index (χ2n) is 5.44. The maximum Gasteiger partial charge on any atom is 0.280 e. The summed E-state index contributed by atoms with van der Waals surface area (Å²) in [5.41, 5.74) is 0.827. The van der Waals surface area contributed by atoms with E-state index in [2.05, 4.69) is 43.9 Å². The number of hydrogen-bond donors (Lipinski definition) is 1. The lowest BCUT2D eigenvalue weighted by atomic mass is 10.4. The summed E-state index contributed by atoms with van der Waals surface area (Å²) < 4.78 is 3.39. The van der Waals surface area contributed by atoms with E-state index in [0.29, 0.717) is 24.3 Å². The molecule has 1 aliphatic heterocycles. The maximum absolute atomic E-state index is 12.8. The lowest BCUT2D eigenvalue weighted by Gasteiger charge is -2.28. The molecule has 2 aromatic heterocycles. The molecule has 1 fully saturated rings. The Morgan fingerprint density at radius 2 is 1.88 bits per heavy atom. The van der Waals surface area contributed by atoms with Crippen molar-refractivity contribution in [1.82, 2.24) is 24.4 Å². The molecule has 1 aliphatic rings. The predicted octanol–water partition coefficient (Wildman–Crippen LogP) is 0.0492. The van der Waals surface area contributed by atoms with Crippen LogP contribution in [0.2, 0.25) is 0 Å². The van der Waals surface area contributed by atoms with E-state index in [4.69, 9.17) is 0 Å². The molecule has 1 saturated heterocycles. The molecule has 0 spiro atoms. The normalized spacial score (nSPS) is 14.0. The summed E-state index contributed by atoms with van der Waals surface area (Å²) in [4.78, 5) is 24.0. The summed E-state index contributed by atoms with van der Waals surface area (Å²) in [6.45, 7) is 7.77. The highest BCUT2D eigenvalue weighted by atomic mass is 16.1. The minimum Gasteiger partial charge on any atom is -0.340 e. The van der Waals surface area contributed by atoms with Gasteiger partial charge in [-0.3, -0.25) is 13.9 Å². The smallest absolute Gasteiger partial charge is 0.280 e. The van der Waals surface area contributed by atoms with Crippen LogP contribution in [0.3, 0.4) is 0 Å². The average molecular weight is 324 g/mol. The molecule has 3 rings (SSSR count). The Hall–Kier alpha value is -2.77. The monoisotopic (exact) mass is 324 g/mol. The molecular formula is C17H20N6O. The lowest BCUT2D eigenvalue weighted by molar-refractivity contribution is 0.573. The number of rotatable bonds is 3. The Morgan fingerprint density at radius 3 is 2.58 bits per heavy atom. The van der Waals surface area contributed by atoms with Crippen molar-refractivity contribution < 1.29 is 0 Å². The number of fused-ring (bicyclic) bond motifs is 1. The molecule has 0 radical (unpaired) electrons. The van der Waals surface area contributed by atoms with Crippen LogP contribution in [0.5, 0.6) is 0 Å². The molecule has 0 saturated carbocycles. The summed E-state index contributed by atoms with van der Waals surface area (Å²) >= 11 is 0. The third kappa shape index (κ3) is 2.99. The first-order chi connectivity index (χ1) is 11.8. The van der Waals surface area contributed by atoms with Gasteiger partial charge in [0, 0.05) is 26.2 Å². The summed E-state index contributed by atoms with van der Waals surface area (Å²) in [6.07, 6.45) is 1.51. The fraction of sp³-hybridized carbons (Fsp3) is 0.471. The molecule has 0 aliphatic carbocycles. The summed E-state index contributed by atoms with van der Waals surface area (Å²) in [6, 6.07) is 0. The zero-order valence-electron chi connectivity index (χ0n) is 14.0. The van der Waals surface area contributed by atoms with Crippen molar-refractivity contribution in [3.8, 4) is 23.7 Å². The molecular weight excluding hydrogens is 304 g/mol. The van der Waals surface area contributed by atoms with Gasteiger partial charge in [0.25, 0.3) is 5.56 Å². The van der Waals surface area contributed by atoms with E-state index in [9.17, 15) is 4.79 Å². The Balaban J connectivity index is 2.16. The standard InChI is InChI=1S/C17H20N6O/c1-3-5-9-22-13-19-15-14(16(22)24)23(10-6-4-2)17(20-15)21-11-7-18-8-12-21/h13,18H,7-12H2,1-2H3. The van der Waals surface area contributed by atoms with E-state index in [1.807, 2.05) is 4.57 Å². The van der Waals surface area contributed by atoms with Crippen molar-refractivity contribution in [1.29, 1.82) is 0 Å². The fourth-order valence-electron chi connectivity index (χ4n) is 2.73. The van der Waals surface area contributed by atoms with E-state index < -0.39 is 0 Å². The second-order valence-corrected chi connectivity index (χ2v) is 5.44. The van der Waals surface area contributed by atoms with E-state index in [0.717, 1.165) is 32.1 Å². The van der Waals surface area contributed by atoms with Crippen LogP contribution in [0.15, 0.2) is 11.1 Å². The van der Waals surface area contributed by atoms with Crippen LogP contribution in [0.1, 0.15) is 13.8 Å². The summed E-state index contributed by atoms with van der Waals surface area (Å²) in [5.74, 6) is 12.4. The van der Waals surface area contributed by atoms with Crippen molar-refractivity contribution in [3.63, 3.8) is 0 Å². The molecule has 24 heavy (non-hydrogen) atoms. The van der Waals surface area contributed by atoms with E-state index in [-0.39, 0.29) is 5.56 Å². The van der Waals surface area contributed by atoms with Crippen LogP contribution in [0, 0.1) is 23.7 Å². The number of piperazine rings is 1. The minimum absolute atomic E-state index is 0.130. The van der Waals surface area contributed by atoms with Gasteiger partial charge in [0.1, 0.15) is 6.33 Å². The van der Waals surface area contributed by atoms with Crippen molar-refractivity contribution in [2.24, 2.45) is 0 Å². The number of nitrogens with one attached hydrogen (secondary N) is 1. The molecule has 7 heteroatoms. The highest BCUT2D eigenvalue weighted by molar-refractivity contribution is 5.74. The van der Waals surface area contributed by atoms with Crippen molar-refractivity contribution in [3.05, 3.63) is 16.7 Å². The minimum atomic E-state index is -0.130. The van der Waals surface area contributed by atoms with Gasteiger partial charge in [-0.25, -0.2) is 4.98 Å². The number of hydrogen-bond acceptors (Lipinski definition) is 5. The molecule has 0 aromatic carbocycles. The highest BCUT2D eigenvalue weighted by Crippen LogP contribution is 2.19. The fourth-order valence-corrected chi connectivity index (χ4v) is 2.73. The van der Waals surface area contributed by atoms with Crippen molar-refractivity contribution >= 4 is 17.1 Å². The van der Waals surface area contributed by atoms with E-state index in [1.54, 1.807) is 13.8 Å². The van der Waals surface area contributed by atoms with Crippen LogP contribution in [-0.2, 0) is 13.1 Å². The average Bonchev–Trinajstić information content (AvgIpc) is 2.99. The van der Waals surface area contributed by atoms with Gasteiger partial charge >= 0.3 is 0 Å². The van der Waals surface area contributed by atoms with Crippen LogP contribution >= 0.6 is 0 Å². The number of imidazole rings is 1. The Kier molecular flexibility index (Phi) is 4.83. The molecule has 2 aromatic rings. The Morgan fingerprint density at radius 1 is 1.17 bits per heavy atom. The molecule has 7 nitrogen and oxygen atoms in total. The second kappa shape index (κ2) is 7.20. The number of nitrogens with zero attached hydrogens (tertiary/aromatic N) is 5. The number of anilines is 1. The molecule has 124 valence electrons. The van der Waals surface area contributed by atoms with Gasteiger partial charge in [-0.1, -0.05) is 11.8 Å². The van der Waals surface area contributed by atoms with Crippen molar-refractivity contribution in [2.75, 3.05) is 31.1 Å². The van der Waals surface area contributed by atoms with Gasteiger partial charge in [-0.05, 0) is 13.8 Å². The van der Waals surface area contributed by atoms with Gasteiger partial charge in [0.15, 0.2) is 11.2 Å². The SMILES string of the molecule is CC#CCn1cnc2nc(N3CCNCC3)n(CC#CC)c2c1=O. The molecule has 0 unspecified atom stereocenters. The molecule has 0 amide bonds. The van der Waals surface area contributed by atoms with Gasteiger partial charge in [0.05, 0.1) is 13.1 Å². The van der Waals surface area contributed by atoms with Crippen LogP contribution < -0.4 is 15.8 Å². The molecule has 0 atom stereocenters. The van der Waals surface area contributed by atoms with Crippen LogP contribution in [0.25, 0.3) is 11.2 Å². The first-order valence-electron chi connectivity index (χ1n) is 7.96. The van der Waals surface area contributed by atoms with Gasteiger partial charge in [-0.2, -0.15) is 4.98 Å². The van der Waals surface area contributed by atoms with E-state index in [1.165, 1.54) is 10.9 Å². The topological polar surface area (TPSA) is 68.0 Å². The molecule has 3 heterocycles. The number of aromatic nitrogens is 4. The predicted molar refractivity (Wildman–Crippen MR) is 93.8 cm³/mol. The van der Waals surface area contributed by atoms with Crippen LogP contribution in [0.4, 0.5) is 5.95 Å². The Labute approximate surface area is 140 Å². The zero-order chi connectivity index (χ0) is 16.9. The zero-order valence-corrected chi connectivity index (χ0v) is 14.0.